The molecule has 1 heterocycles. The molecule has 0 aliphatic heterocycles. The van der Waals surface area contributed by atoms with E-state index in [4.69, 9.17) is 4.52 Å². The van der Waals surface area contributed by atoms with Gasteiger partial charge in [-0.3, -0.25) is 0 Å². The van der Waals surface area contributed by atoms with Gasteiger partial charge in [0.25, 0.3) is 0 Å². The molecule has 0 atom stereocenters. The first-order valence-corrected chi connectivity index (χ1v) is 8.53. The summed E-state index contributed by atoms with van der Waals surface area (Å²) in [6, 6.07) is 9.15. The van der Waals surface area contributed by atoms with Gasteiger partial charge in [-0.05, 0) is 29.4 Å². The predicted octanol–water partition coefficient (Wildman–Crippen LogP) is 1.98. The molecule has 0 spiro atoms. The van der Waals surface area contributed by atoms with Crippen molar-refractivity contribution in [2.24, 2.45) is 10.2 Å². The Morgan fingerprint density at radius 3 is 2.48 bits per heavy atom. The van der Waals surface area contributed by atoms with E-state index < -0.39 is 15.9 Å². The molecule has 0 saturated carbocycles. The number of aryl methyl sites for hydroxylation is 1. The van der Waals surface area contributed by atoms with Gasteiger partial charge in [-0.25, -0.2) is 8.42 Å². The molecular formula is C14H18N4O4S. The van der Waals surface area contributed by atoms with Gasteiger partial charge in [0.05, 0.1) is 21.3 Å². The lowest BCUT2D eigenvalue weighted by Crippen LogP contribution is -2.32. The van der Waals surface area contributed by atoms with E-state index in [1.54, 1.807) is 6.07 Å². The van der Waals surface area contributed by atoms with Gasteiger partial charge >= 0.3 is 5.82 Å². The zero-order valence-corrected chi connectivity index (χ0v) is 13.7. The number of anilines is 1. The van der Waals surface area contributed by atoms with Gasteiger partial charge < -0.3 is 14.0 Å². The largest absolute Gasteiger partial charge is 0.748 e. The second-order valence-electron chi connectivity index (χ2n) is 5.09. The number of nitrogens with zero attached hydrogens (tertiary/aromatic N) is 4. The van der Waals surface area contributed by atoms with Crippen LogP contribution in [0.2, 0.25) is 0 Å². The van der Waals surface area contributed by atoms with Crippen molar-refractivity contribution in [3.8, 4) is 0 Å². The normalized spacial score (nSPS) is 12.0. The SMILES string of the molecule is CN(C)c1ccc(N=Nc2cco[n+]2CCCS(=O)(=O)[O-])cc1. The molecule has 0 radical (unpaired) electrons. The first kappa shape index (κ1) is 17.1. The third-order valence-corrected chi connectivity index (χ3v) is 3.84. The first-order chi connectivity index (χ1) is 10.8. The summed E-state index contributed by atoms with van der Waals surface area (Å²) in [5, 5.41) is 8.19. The molecule has 9 heteroatoms. The number of azo groups is 1. The van der Waals surface area contributed by atoms with Crippen molar-refractivity contribution in [1.29, 1.82) is 0 Å². The second kappa shape index (κ2) is 7.34. The summed E-state index contributed by atoms with van der Waals surface area (Å²) in [6.07, 6.45) is 1.58. The minimum absolute atomic E-state index is 0.157. The average molecular weight is 338 g/mol. The van der Waals surface area contributed by atoms with Gasteiger partial charge in [0.1, 0.15) is 12.2 Å². The van der Waals surface area contributed by atoms with Crippen LogP contribution >= 0.6 is 0 Å². The molecule has 0 amide bonds. The Labute approximate surface area is 134 Å². The molecule has 0 aliphatic carbocycles. The predicted molar refractivity (Wildman–Crippen MR) is 83.0 cm³/mol. The third kappa shape index (κ3) is 5.46. The fourth-order valence-electron chi connectivity index (χ4n) is 1.86. The topological polar surface area (TPSA) is 102 Å². The summed E-state index contributed by atoms with van der Waals surface area (Å²) >= 11 is 0. The van der Waals surface area contributed by atoms with E-state index >= 15 is 0 Å². The summed E-state index contributed by atoms with van der Waals surface area (Å²) in [5.74, 6) is 0.00787. The zero-order valence-electron chi connectivity index (χ0n) is 12.9. The van der Waals surface area contributed by atoms with Crippen LogP contribution in [0.1, 0.15) is 6.42 Å². The van der Waals surface area contributed by atoms with Gasteiger partial charge in [0.15, 0.2) is 6.26 Å². The number of hydrogen-bond donors (Lipinski definition) is 0. The molecule has 2 aromatic rings. The summed E-state index contributed by atoms with van der Waals surface area (Å²) in [6.45, 7) is 0.238. The van der Waals surface area contributed by atoms with Crippen LogP contribution in [0.4, 0.5) is 17.2 Å². The highest BCUT2D eigenvalue weighted by Gasteiger charge is 2.13. The van der Waals surface area contributed by atoms with Crippen molar-refractivity contribution < 1.29 is 22.2 Å². The van der Waals surface area contributed by atoms with E-state index in [-0.39, 0.29) is 13.0 Å². The Kier molecular flexibility index (Phi) is 5.45. The number of benzene rings is 1. The van der Waals surface area contributed by atoms with E-state index in [1.165, 1.54) is 11.0 Å². The lowest BCUT2D eigenvalue weighted by atomic mass is 10.3. The second-order valence-corrected chi connectivity index (χ2v) is 6.62. The molecule has 0 unspecified atom stereocenters. The lowest BCUT2D eigenvalue weighted by molar-refractivity contribution is -0.853. The highest BCUT2D eigenvalue weighted by Crippen LogP contribution is 2.20. The Morgan fingerprint density at radius 1 is 1.17 bits per heavy atom. The van der Waals surface area contributed by atoms with Crippen LogP contribution in [0.15, 0.2) is 51.3 Å². The van der Waals surface area contributed by atoms with Crippen LogP contribution in [-0.2, 0) is 16.7 Å². The molecule has 0 bridgehead atoms. The maximum absolute atomic E-state index is 10.6. The average Bonchev–Trinajstić information content (AvgIpc) is 2.92. The number of aromatic nitrogens is 1. The van der Waals surface area contributed by atoms with Crippen LogP contribution in [-0.4, -0.2) is 32.8 Å². The van der Waals surface area contributed by atoms with Crippen LogP contribution in [0.3, 0.4) is 0 Å². The number of rotatable bonds is 7. The van der Waals surface area contributed by atoms with Crippen LogP contribution in [0.25, 0.3) is 0 Å². The molecule has 8 nitrogen and oxygen atoms in total. The van der Waals surface area contributed by atoms with Gasteiger partial charge in [0.2, 0.25) is 0 Å². The number of hydrogen-bond acceptors (Lipinski definition) is 7. The van der Waals surface area contributed by atoms with Crippen LogP contribution in [0, 0.1) is 0 Å². The summed E-state index contributed by atoms with van der Waals surface area (Å²) in [5.41, 5.74) is 1.74. The lowest BCUT2D eigenvalue weighted by Gasteiger charge is -2.11. The van der Waals surface area contributed by atoms with Crippen LogP contribution in [0.5, 0.6) is 0 Å². The molecule has 124 valence electrons. The molecule has 1 aromatic heterocycles. The van der Waals surface area contributed by atoms with Crippen molar-refractivity contribution in [3.05, 3.63) is 36.6 Å². The molecule has 2 rings (SSSR count). The molecular weight excluding hydrogens is 320 g/mol. The summed E-state index contributed by atoms with van der Waals surface area (Å²) < 4.78 is 38.3. The molecule has 1 aromatic carbocycles. The maximum atomic E-state index is 10.6. The van der Waals surface area contributed by atoms with Crippen molar-refractivity contribution in [3.63, 3.8) is 0 Å². The quantitative estimate of drug-likeness (QED) is 0.436. The third-order valence-electron chi connectivity index (χ3n) is 3.05. The van der Waals surface area contributed by atoms with Crippen LogP contribution < -0.4 is 9.64 Å². The van der Waals surface area contributed by atoms with Crippen molar-refractivity contribution in [2.45, 2.75) is 13.0 Å². The highest BCUT2D eigenvalue weighted by atomic mass is 32.2. The van der Waals surface area contributed by atoms with Crippen molar-refractivity contribution in [2.75, 3.05) is 24.7 Å². The zero-order chi connectivity index (χ0) is 16.9. The Balaban J connectivity index is 2.01. The summed E-state index contributed by atoms with van der Waals surface area (Å²) in [4.78, 5) is 1.98. The smallest absolute Gasteiger partial charge is 0.387 e. The fraction of sp³-hybridized carbons (Fsp3) is 0.357. The van der Waals surface area contributed by atoms with E-state index in [2.05, 4.69) is 10.2 Å². The molecule has 0 saturated heterocycles. The monoisotopic (exact) mass is 338 g/mol. The van der Waals surface area contributed by atoms with Crippen molar-refractivity contribution in [1.82, 2.24) is 0 Å². The Morgan fingerprint density at radius 2 is 1.87 bits per heavy atom. The standard InChI is InChI=1S/C14H18N4O4S/c1-17(2)13-6-4-12(5-7-13)15-16-14-8-10-22-18(14)9-3-11-23(19,20)21/h4-8,10H,3,9,11H2,1-2H3. The van der Waals surface area contributed by atoms with Gasteiger partial charge in [-0.2, -0.15) is 0 Å². The Hall–Kier alpha value is -2.26. The minimum Gasteiger partial charge on any atom is -0.748 e. The van der Waals surface area contributed by atoms with Crippen molar-refractivity contribution >= 4 is 27.3 Å². The fourth-order valence-corrected chi connectivity index (χ4v) is 2.35. The first-order valence-electron chi connectivity index (χ1n) is 6.96. The van der Waals surface area contributed by atoms with E-state index in [0.717, 1.165) is 5.69 Å². The molecule has 0 aliphatic rings. The molecule has 0 fully saturated rings. The van der Waals surface area contributed by atoms with E-state index in [9.17, 15) is 13.0 Å². The minimum atomic E-state index is -4.22. The maximum Gasteiger partial charge on any atom is 0.387 e. The van der Waals surface area contributed by atoms with E-state index in [0.29, 0.717) is 11.5 Å². The van der Waals surface area contributed by atoms with Gasteiger partial charge in [-0.15, -0.1) is 0 Å². The summed E-state index contributed by atoms with van der Waals surface area (Å²) in [7, 11) is -0.317. The Bertz CT molecular complexity index is 766. The van der Waals surface area contributed by atoms with E-state index in [1.807, 2.05) is 43.3 Å². The molecule has 23 heavy (non-hydrogen) atoms. The highest BCUT2D eigenvalue weighted by molar-refractivity contribution is 7.85. The molecule has 0 N–H and O–H groups in total. The van der Waals surface area contributed by atoms with Gasteiger partial charge in [-0.1, -0.05) is 4.74 Å². The van der Waals surface area contributed by atoms with Gasteiger partial charge in [0, 0.05) is 32.0 Å².